The number of H-pyrrole nitrogens is 1. The summed E-state index contributed by atoms with van der Waals surface area (Å²) >= 11 is 0. The molecule has 2 rings (SSSR count). The first-order valence-corrected chi connectivity index (χ1v) is 5.38. The van der Waals surface area contributed by atoms with Crippen LogP contribution >= 0.6 is 0 Å². The maximum Gasteiger partial charge on any atom is 0.328 e. The summed E-state index contributed by atoms with van der Waals surface area (Å²) in [6, 6.07) is 0. The van der Waals surface area contributed by atoms with E-state index in [1.54, 1.807) is 0 Å². The summed E-state index contributed by atoms with van der Waals surface area (Å²) in [4.78, 5) is 25.3. The van der Waals surface area contributed by atoms with Crippen LogP contribution in [0, 0.1) is 0 Å². The second kappa shape index (κ2) is 4.65. The summed E-state index contributed by atoms with van der Waals surface area (Å²) in [5.74, 6) is 0. The fraction of sp³-hybridized carbons (Fsp3) is 0.600. The predicted octanol–water partition coefficient (Wildman–Crippen LogP) is -2.77. The molecule has 1 aromatic heterocycles. The molecule has 0 radical (unpaired) electrons. The van der Waals surface area contributed by atoms with Crippen molar-refractivity contribution in [3.8, 4) is 0 Å². The minimum atomic E-state index is -1.33. The van der Waals surface area contributed by atoms with Crippen LogP contribution in [0.2, 0.25) is 0 Å². The van der Waals surface area contributed by atoms with Gasteiger partial charge in [0.1, 0.15) is 24.4 Å². The van der Waals surface area contributed by atoms with Crippen molar-refractivity contribution < 1.29 is 20.1 Å². The van der Waals surface area contributed by atoms with Gasteiger partial charge in [0, 0.05) is 13.2 Å². The lowest BCUT2D eigenvalue weighted by Gasteiger charge is -2.14. The quantitative estimate of drug-likeness (QED) is 0.455. The van der Waals surface area contributed by atoms with Crippen LogP contribution in [0.5, 0.6) is 0 Å². The number of hydrogen-bond donors (Lipinski definition) is 4. The third-order valence-corrected chi connectivity index (χ3v) is 3.06. The van der Waals surface area contributed by atoms with E-state index in [9.17, 15) is 19.8 Å². The van der Waals surface area contributed by atoms with E-state index in [1.807, 2.05) is 0 Å². The second-order valence-electron chi connectivity index (χ2n) is 4.17. The number of rotatable bonds is 2. The molecule has 1 aliphatic rings. The van der Waals surface area contributed by atoms with Crippen LogP contribution in [0.15, 0.2) is 15.8 Å². The van der Waals surface area contributed by atoms with Crippen molar-refractivity contribution in [2.75, 3.05) is 6.61 Å². The van der Waals surface area contributed by atoms with Crippen LogP contribution < -0.4 is 11.2 Å². The summed E-state index contributed by atoms with van der Waals surface area (Å²) < 4.78 is 6.05. The van der Waals surface area contributed by atoms with Crippen molar-refractivity contribution in [1.29, 1.82) is 0 Å². The normalized spacial score (nSPS) is 31.8. The highest BCUT2D eigenvalue weighted by Gasteiger charge is 2.44. The predicted molar refractivity (Wildman–Crippen MR) is 59.0 cm³/mol. The molecule has 2 heterocycles. The van der Waals surface area contributed by atoms with Crippen molar-refractivity contribution in [2.24, 2.45) is 7.05 Å². The monoisotopic (exact) mass is 258 g/mol. The van der Waals surface area contributed by atoms with E-state index in [0.717, 1.165) is 10.8 Å². The Kier molecular flexibility index (Phi) is 3.35. The Morgan fingerprint density at radius 2 is 2.06 bits per heavy atom. The zero-order chi connectivity index (χ0) is 13.4. The number of aliphatic hydroxyl groups is 3. The lowest BCUT2D eigenvalue weighted by Crippen LogP contribution is -2.37. The molecule has 0 aromatic carbocycles. The molecule has 1 aliphatic heterocycles. The Morgan fingerprint density at radius 1 is 1.39 bits per heavy atom. The molecule has 1 fully saturated rings. The first kappa shape index (κ1) is 13.0. The van der Waals surface area contributed by atoms with Gasteiger partial charge in [-0.2, -0.15) is 0 Å². The molecule has 1 aromatic rings. The van der Waals surface area contributed by atoms with Gasteiger partial charge in [-0.3, -0.25) is 9.36 Å². The second-order valence-corrected chi connectivity index (χ2v) is 4.17. The van der Waals surface area contributed by atoms with Gasteiger partial charge in [0.15, 0.2) is 0 Å². The average molecular weight is 258 g/mol. The number of hydrogen-bond acceptors (Lipinski definition) is 6. The van der Waals surface area contributed by atoms with E-state index in [4.69, 9.17) is 9.84 Å². The minimum absolute atomic E-state index is 0.0274. The van der Waals surface area contributed by atoms with Crippen molar-refractivity contribution in [1.82, 2.24) is 9.55 Å². The maximum atomic E-state index is 11.8. The lowest BCUT2D eigenvalue weighted by molar-refractivity contribution is -0.0233. The number of nitrogens with zero attached hydrogens (tertiary/aromatic N) is 1. The molecule has 1 saturated heterocycles. The molecule has 4 atom stereocenters. The highest BCUT2D eigenvalue weighted by atomic mass is 16.6. The number of aromatic amines is 1. The van der Waals surface area contributed by atoms with Crippen molar-refractivity contribution in [3.05, 3.63) is 32.6 Å². The van der Waals surface area contributed by atoms with Gasteiger partial charge < -0.3 is 25.0 Å². The zero-order valence-electron chi connectivity index (χ0n) is 9.61. The Hall–Kier alpha value is -1.48. The van der Waals surface area contributed by atoms with E-state index >= 15 is 0 Å². The molecule has 8 heteroatoms. The maximum absolute atomic E-state index is 11.8. The fourth-order valence-electron chi connectivity index (χ4n) is 1.94. The Labute approximate surface area is 101 Å². The van der Waals surface area contributed by atoms with E-state index in [1.165, 1.54) is 7.05 Å². The van der Waals surface area contributed by atoms with E-state index in [-0.39, 0.29) is 5.56 Å². The van der Waals surface area contributed by atoms with Gasteiger partial charge in [-0.1, -0.05) is 0 Å². The first-order valence-electron chi connectivity index (χ1n) is 5.38. The molecule has 0 spiro atoms. The molecule has 4 N–H and O–H groups in total. The molecule has 18 heavy (non-hydrogen) atoms. The highest BCUT2D eigenvalue weighted by Crippen LogP contribution is 2.31. The van der Waals surface area contributed by atoms with Crippen LogP contribution in [0.25, 0.3) is 0 Å². The molecular formula is C10H14N2O6. The first-order chi connectivity index (χ1) is 8.47. The Morgan fingerprint density at radius 3 is 2.61 bits per heavy atom. The van der Waals surface area contributed by atoms with Gasteiger partial charge in [0.05, 0.1) is 12.2 Å². The van der Waals surface area contributed by atoms with Crippen molar-refractivity contribution in [3.63, 3.8) is 0 Å². The summed E-state index contributed by atoms with van der Waals surface area (Å²) in [6.07, 6.45) is -3.50. The molecule has 0 saturated carbocycles. The van der Waals surface area contributed by atoms with Gasteiger partial charge >= 0.3 is 5.69 Å². The number of aliphatic hydroxyl groups excluding tert-OH is 3. The van der Waals surface area contributed by atoms with E-state index in [0.29, 0.717) is 0 Å². The third kappa shape index (κ3) is 1.89. The standard InChI is InChI=1S/C10H14N2O6/c1-12-9(16)4(2-11-10(12)17)8-7(15)6(14)5(3-13)18-8/h2,5-8,13-15H,3H2,1H3,(H,11,17). The van der Waals surface area contributed by atoms with Crippen LogP contribution in [0.4, 0.5) is 0 Å². The zero-order valence-corrected chi connectivity index (χ0v) is 9.61. The summed E-state index contributed by atoms with van der Waals surface area (Å²) in [6.45, 7) is -0.474. The van der Waals surface area contributed by atoms with Crippen LogP contribution in [0.1, 0.15) is 11.7 Å². The number of ether oxygens (including phenoxy) is 1. The molecule has 8 nitrogen and oxygen atoms in total. The van der Waals surface area contributed by atoms with Gasteiger partial charge in [-0.25, -0.2) is 4.79 Å². The minimum Gasteiger partial charge on any atom is -0.394 e. The van der Waals surface area contributed by atoms with Crippen LogP contribution in [0.3, 0.4) is 0 Å². The van der Waals surface area contributed by atoms with Gasteiger partial charge in [0.25, 0.3) is 5.56 Å². The van der Waals surface area contributed by atoms with E-state index < -0.39 is 42.3 Å². The van der Waals surface area contributed by atoms with Gasteiger partial charge in [-0.15, -0.1) is 0 Å². The summed E-state index contributed by atoms with van der Waals surface area (Å²) in [5, 5.41) is 28.3. The largest absolute Gasteiger partial charge is 0.394 e. The molecule has 100 valence electrons. The molecule has 0 amide bonds. The SMILES string of the molecule is Cn1c(=O)[nH]cc(C2OC(CO)C(O)C2O)c1=O. The van der Waals surface area contributed by atoms with Gasteiger partial charge in [0.2, 0.25) is 0 Å². The fourth-order valence-corrected chi connectivity index (χ4v) is 1.94. The van der Waals surface area contributed by atoms with Crippen molar-refractivity contribution >= 4 is 0 Å². The number of aromatic nitrogens is 2. The smallest absolute Gasteiger partial charge is 0.328 e. The topological polar surface area (TPSA) is 125 Å². The Balaban J connectivity index is 2.42. The molecular weight excluding hydrogens is 244 g/mol. The highest BCUT2D eigenvalue weighted by molar-refractivity contribution is 5.14. The van der Waals surface area contributed by atoms with Crippen molar-refractivity contribution in [2.45, 2.75) is 24.4 Å². The van der Waals surface area contributed by atoms with Crippen LogP contribution in [-0.2, 0) is 11.8 Å². The average Bonchev–Trinajstić information content (AvgIpc) is 2.64. The summed E-state index contributed by atoms with van der Waals surface area (Å²) in [5.41, 5.74) is -1.18. The number of nitrogens with one attached hydrogen (secondary N) is 1. The van der Waals surface area contributed by atoms with Crippen LogP contribution in [-0.4, -0.2) is 49.8 Å². The molecule has 0 bridgehead atoms. The molecule has 0 aliphatic carbocycles. The van der Waals surface area contributed by atoms with E-state index in [2.05, 4.69) is 4.98 Å². The summed E-state index contributed by atoms with van der Waals surface area (Å²) in [7, 11) is 1.28. The van der Waals surface area contributed by atoms with Gasteiger partial charge in [-0.05, 0) is 0 Å². The molecule has 4 unspecified atom stereocenters. The Bertz CT molecular complexity index is 550. The lowest BCUT2D eigenvalue weighted by atomic mass is 10.0. The third-order valence-electron chi connectivity index (χ3n) is 3.06.